The summed E-state index contributed by atoms with van der Waals surface area (Å²) in [7, 11) is 1.80. The molecule has 4 unspecified atom stereocenters. The van der Waals surface area contributed by atoms with Crippen LogP contribution in [-0.2, 0) is 4.79 Å². The molecule has 0 saturated carbocycles. The smallest absolute Gasteiger partial charge is 0.237 e. The highest BCUT2D eigenvalue weighted by molar-refractivity contribution is 5.84. The number of nitrogens with one attached hydrogen (secondary N) is 1. The van der Waals surface area contributed by atoms with Crippen LogP contribution in [0.15, 0.2) is 0 Å². The summed E-state index contributed by atoms with van der Waals surface area (Å²) in [4.78, 5) is 14.0. The van der Waals surface area contributed by atoms with Gasteiger partial charge in [-0.25, -0.2) is 0 Å². The van der Waals surface area contributed by atoms with Gasteiger partial charge in [-0.1, -0.05) is 6.92 Å². The molecule has 0 spiro atoms. The first-order valence-corrected chi connectivity index (χ1v) is 6.54. The fraction of sp³-hybridized carbons (Fsp3) is 0.923. The van der Waals surface area contributed by atoms with Crippen LogP contribution in [0.5, 0.6) is 0 Å². The lowest BCUT2D eigenvalue weighted by Gasteiger charge is -2.35. The van der Waals surface area contributed by atoms with Crippen molar-refractivity contribution in [3.63, 3.8) is 0 Å². The zero-order chi connectivity index (χ0) is 13.2. The molecular formula is C13H27N3O. The van der Waals surface area contributed by atoms with E-state index >= 15 is 0 Å². The summed E-state index contributed by atoms with van der Waals surface area (Å²) >= 11 is 0. The molecule has 1 saturated heterocycles. The van der Waals surface area contributed by atoms with E-state index in [4.69, 9.17) is 5.73 Å². The van der Waals surface area contributed by atoms with Crippen molar-refractivity contribution in [2.45, 2.75) is 58.2 Å². The van der Waals surface area contributed by atoms with Gasteiger partial charge in [-0.15, -0.1) is 0 Å². The maximum absolute atomic E-state index is 11.5. The average molecular weight is 241 g/mol. The fourth-order valence-electron chi connectivity index (χ4n) is 2.98. The van der Waals surface area contributed by atoms with Crippen molar-refractivity contribution < 1.29 is 4.79 Å². The second kappa shape index (κ2) is 5.36. The van der Waals surface area contributed by atoms with Crippen LogP contribution in [0.4, 0.5) is 0 Å². The molecular weight excluding hydrogens is 214 g/mol. The van der Waals surface area contributed by atoms with Crippen molar-refractivity contribution in [2.24, 2.45) is 11.7 Å². The molecule has 0 radical (unpaired) electrons. The predicted molar refractivity (Wildman–Crippen MR) is 70.7 cm³/mol. The number of likely N-dealkylation sites (tertiary alicyclic amines) is 1. The molecule has 1 aliphatic heterocycles. The summed E-state index contributed by atoms with van der Waals surface area (Å²) in [5.74, 6) is 0.480. The Morgan fingerprint density at radius 2 is 2.18 bits per heavy atom. The molecule has 0 bridgehead atoms. The van der Waals surface area contributed by atoms with Gasteiger partial charge in [0.2, 0.25) is 5.91 Å². The van der Waals surface area contributed by atoms with Gasteiger partial charge in [0.15, 0.2) is 0 Å². The molecule has 100 valence electrons. The number of hydrogen-bond donors (Lipinski definition) is 2. The Hall–Kier alpha value is -0.610. The van der Waals surface area contributed by atoms with E-state index in [9.17, 15) is 4.79 Å². The average Bonchev–Trinajstić information content (AvgIpc) is 2.57. The van der Waals surface area contributed by atoms with Crippen LogP contribution in [0.3, 0.4) is 0 Å². The fourth-order valence-corrected chi connectivity index (χ4v) is 2.98. The van der Waals surface area contributed by atoms with Crippen LogP contribution >= 0.6 is 0 Å². The van der Waals surface area contributed by atoms with E-state index in [0.29, 0.717) is 12.1 Å². The first-order valence-electron chi connectivity index (χ1n) is 6.54. The van der Waals surface area contributed by atoms with Gasteiger partial charge in [0, 0.05) is 18.6 Å². The summed E-state index contributed by atoms with van der Waals surface area (Å²) < 4.78 is 0. The minimum Gasteiger partial charge on any atom is -0.368 e. The summed E-state index contributed by atoms with van der Waals surface area (Å²) in [5, 5.41) is 3.06. The van der Waals surface area contributed by atoms with Crippen molar-refractivity contribution >= 4 is 5.91 Å². The van der Waals surface area contributed by atoms with Gasteiger partial charge in [-0.05, 0) is 46.6 Å². The number of nitrogens with two attached hydrogens (primary N) is 1. The minimum atomic E-state index is -0.606. The maximum atomic E-state index is 11.5. The summed E-state index contributed by atoms with van der Waals surface area (Å²) in [5.41, 5.74) is 4.86. The molecule has 4 heteroatoms. The molecule has 1 rings (SSSR count). The Morgan fingerprint density at radius 3 is 2.53 bits per heavy atom. The molecule has 1 heterocycles. The molecule has 1 fully saturated rings. The molecule has 0 aliphatic carbocycles. The van der Waals surface area contributed by atoms with Crippen LogP contribution in [0.1, 0.15) is 40.5 Å². The van der Waals surface area contributed by atoms with Crippen LogP contribution in [0.2, 0.25) is 0 Å². The van der Waals surface area contributed by atoms with Gasteiger partial charge in [0.25, 0.3) is 0 Å². The molecule has 1 aliphatic rings. The second-order valence-electron chi connectivity index (χ2n) is 5.89. The lowest BCUT2D eigenvalue weighted by atomic mass is 9.92. The molecule has 0 aromatic rings. The Bertz CT molecular complexity index is 282. The number of nitrogens with zero attached hydrogens (tertiary/aromatic N) is 1. The van der Waals surface area contributed by atoms with E-state index in [2.05, 4.69) is 31.0 Å². The van der Waals surface area contributed by atoms with E-state index < -0.39 is 5.54 Å². The van der Waals surface area contributed by atoms with Crippen molar-refractivity contribution in [1.29, 1.82) is 0 Å². The second-order valence-corrected chi connectivity index (χ2v) is 5.89. The number of rotatable bonds is 5. The van der Waals surface area contributed by atoms with Crippen molar-refractivity contribution in [3.05, 3.63) is 0 Å². The quantitative estimate of drug-likeness (QED) is 0.754. The SMILES string of the molecule is CNC(C)(CC(C)N1CC(C)CC1C)C(N)=O. The first kappa shape index (κ1) is 14.5. The summed E-state index contributed by atoms with van der Waals surface area (Å²) in [6.07, 6.45) is 2.01. The predicted octanol–water partition coefficient (Wildman–Crippen LogP) is 0.959. The topological polar surface area (TPSA) is 58.4 Å². The number of hydrogen-bond acceptors (Lipinski definition) is 3. The van der Waals surface area contributed by atoms with Gasteiger partial charge in [-0.2, -0.15) is 0 Å². The normalized spacial score (nSPS) is 31.1. The van der Waals surface area contributed by atoms with Crippen LogP contribution in [-0.4, -0.2) is 42.0 Å². The Balaban J connectivity index is 2.65. The molecule has 0 aromatic heterocycles. The zero-order valence-corrected chi connectivity index (χ0v) is 11.8. The highest BCUT2D eigenvalue weighted by Gasteiger charge is 2.36. The maximum Gasteiger partial charge on any atom is 0.237 e. The minimum absolute atomic E-state index is 0.272. The Kier molecular flexibility index (Phi) is 4.55. The van der Waals surface area contributed by atoms with Crippen LogP contribution in [0.25, 0.3) is 0 Å². The zero-order valence-electron chi connectivity index (χ0n) is 11.8. The van der Waals surface area contributed by atoms with Crippen molar-refractivity contribution in [2.75, 3.05) is 13.6 Å². The third kappa shape index (κ3) is 3.19. The van der Waals surface area contributed by atoms with Gasteiger partial charge in [0.05, 0.1) is 5.54 Å². The lowest BCUT2D eigenvalue weighted by molar-refractivity contribution is -0.124. The third-order valence-corrected chi connectivity index (χ3v) is 4.20. The van der Waals surface area contributed by atoms with Gasteiger partial charge < -0.3 is 11.1 Å². The van der Waals surface area contributed by atoms with E-state index in [1.165, 1.54) is 6.42 Å². The van der Waals surface area contributed by atoms with E-state index in [-0.39, 0.29) is 5.91 Å². The van der Waals surface area contributed by atoms with Crippen molar-refractivity contribution in [3.8, 4) is 0 Å². The standard InChI is InChI=1S/C13H27N3O/c1-9-6-10(2)16(8-9)11(3)7-13(4,15-5)12(14)17/h9-11,15H,6-8H2,1-5H3,(H2,14,17). The van der Waals surface area contributed by atoms with Gasteiger partial charge in [0.1, 0.15) is 0 Å². The highest BCUT2D eigenvalue weighted by atomic mass is 16.1. The number of carbonyl (C=O) groups excluding carboxylic acids is 1. The van der Waals surface area contributed by atoms with Gasteiger partial charge >= 0.3 is 0 Å². The van der Waals surface area contributed by atoms with Gasteiger partial charge in [-0.3, -0.25) is 9.69 Å². The van der Waals surface area contributed by atoms with E-state index in [1.807, 2.05) is 6.92 Å². The molecule has 17 heavy (non-hydrogen) atoms. The monoisotopic (exact) mass is 241 g/mol. The molecule has 4 atom stereocenters. The summed E-state index contributed by atoms with van der Waals surface area (Å²) in [6.45, 7) is 9.75. The Labute approximate surface area is 105 Å². The highest BCUT2D eigenvalue weighted by Crippen LogP contribution is 2.27. The number of amides is 1. The largest absolute Gasteiger partial charge is 0.368 e. The van der Waals surface area contributed by atoms with E-state index in [0.717, 1.165) is 18.9 Å². The molecule has 0 aromatic carbocycles. The lowest BCUT2D eigenvalue weighted by Crippen LogP contribution is -2.55. The molecule has 3 N–H and O–H groups in total. The molecule has 1 amide bonds. The van der Waals surface area contributed by atoms with E-state index in [1.54, 1.807) is 7.05 Å². The Morgan fingerprint density at radius 1 is 1.59 bits per heavy atom. The molecule has 4 nitrogen and oxygen atoms in total. The summed E-state index contributed by atoms with van der Waals surface area (Å²) in [6, 6.07) is 0.980. The first-order chi connectivity index (χ1) is 7.80. The van der Waals surface area contributed by atoms with Crippen molar-refractivity contribution in [1.82, 2.24) is 10.2 Å². The number of primary amides is 1. The van der Waals surface area contributed by atoms with Crippen LogP contribution in [0, 0.1) is 5.92 Å². The third-order valence-electron chi connectivity index (χ3n) is 4.20. The number of likely N-dealkylation sites (N-methyl/N-ethyl adjacent to an activating group) is 1. The number of carbonyl (C=O) groups is 1. The van der Waals surface area contributed by atoms with Crippen LogP contribution < -0.4 is 11.1 Å².